The number of rotatable bonds is 7. The molecule has 3 rings (SSSR count). The zero-order valence-electron chi connectivity index (χ0n) is 15.8. The van der Waals surface area contributed by atoms with Gasteiger partial charge in [-0.05, 0) is 49.7 Å². The fraction of sp³-hybridized carbons (Fsp3) is 0.409. The fourth-order valence-corrected chi connectivity index (χ4v) is 3.77. The highest BCUT2D eigenvalue weighted by Gasteiger charge is 2.19. The molecule has 2 aromatic carbocycles. The Morgan fingerprint density at radius 1 is 1.15 bits per heavy atom. The molecule has 0 saturated heterocycles. The Kier molecular flexibility index (Phi) is 7.13. The average Bonchev–Trinajstić information content (AvgIpc) is 2.69. The minimum Gasteiger partial charge on any atom is -0.484 e. The van der Waals surface area contributed by atoms with E-state index in [0.717, 1.165) is 17.8 Å². The van der Waals surface area contributed by atoms with Gasteiger partial charge in [0.15, 0.2) is 6.61 Å². The predicted molar refractivity (Wildman–Crippen MR) is 110 cm³/mol. The Balaban J connectivity index is 1.57. The van der Waals surface area contributed by atoms with E-state index in [1.165, 1.54) is 32.1 Å². The second-order valence-corrected chi connectivity index (χ2v) is 7.59. The third-order valence-corrected chi connectivity index (χ3v) is 5.31. The Morgan fingerprint density at radius 2 is 1.93 bits per heavy atom. The lowest BCUT2D eigenvalue weighted by Gasteiger charge is -2.31. The number of halogens is 1. The van der Waals surface area contributed by atoms with Gasteiger partial charge in [0.25, 0.3) is 5.91 Å². The maximum absolute atomic E-state index is 12.3. The minimum absolute atomic E-state index is 0.0485. The molecule has 0 bridgehead atoms. The number of carbonyl (C=O) groups is 1. The van der Waals surface area contributed by atoms with E-state index in [-0.39, 0.29) is 12.5 Å². The first-order chi connectivity index (χ1) is 13.1. The van der Waals surface area contributed by atoms with Crippen LogP contribution in [-0.2, 0) is 11.3 Å². The van der Waals surface area contributed by atoms with Gasteiger partial charge >= 0.3 is 0 Å². The van der Waals surface area contributed by atoms with Gasteiger partial charge in [-0.1, -0.05) is 55.1 Å². The van der Waals surface area contributed by atoms with Crippen LogP contribution < -0.4 is 10.1 Å². The summed E-state index contributed by atoms with van der Waals surface area (Å²) >= 11 is 5.94. The molecule has 4 nitrogen and oxygen atoms in total. The molecule has 2 aromatic rings. The molecule has 0 aliphatic heterocycles. The second kappa shape index (κ2) is 9.77. The van der Waals surface area contributed by atoms with Crippen molar-refractivity contribution in [2.24, 2.45) is 0 Å². The van der Waals surface area contributed by atoms with Gasteiger partial charge in [-0.2, -0.15) is 0 Å². The zero-order chi connectivity index (χ0) is 19.1. The van der Waals surface area contributed by atoms with Gasteiger partial charge in [0.1, 0.15) is 5.75 Å². The normalized spacial score (nSPS) is 14.9. The number of carbonyl (C=O) groups excluding carboxylic acids is 1. The highest BCUT2D eigenvalue weighted by Crippen LogP contribution is 2.25. The summed E-state index contributed by atoms with van der Waals surface area (Å²) in [5.41, 5.74) is 1.97. The highest BCUT2D eigenvalue weighted by molar-refractivity contribution is 6.30. The summed E-state index contributed by atoms with van der Waals surface area (Å²) in [6.45, 7) is 0.781. The number of nitrogens with zero attached hydrogens (tertiary/aromatic N) is 1. The highest BCUT2D eigenvalue weighted by atomic mass is 35.5. The standard InChI is InChI=1S/C22H27ClN2O2/c1-25(19-10-3-2-4-11-19)15-17-8-5-6-13-21(17)24-22(26)16-27-20-12-7-9-18(23)14-20/h5-9,12-14,19H,2-4,10-11,15-16H2,1H3,(H,24,26). The van der Waals surface area contributed by atoms with Crippen molar-refractivity contribution in [2.75, 3.05) is 19.0 Å². The van der Waals surface area contributed by atoms with Crippen LogP contribution in [0.4, 0.5) is 5.69 Å². The summed E-state index contributed by atoms with van der Waals surface area (Å²) in [6, 6.07) is 15.7. The molecule has 0 spiro atoms. The molecule has 27 heavy (non-hydrogen) atoms. The van der Waals surface area contributed by atoms with E-state index in [4.69, 9.17) is 16.3 Å². The van der Waals surface area contributed by atoms with E-state index in [1.54, 1.807) is 24.3 Å². The molecule has 0 unspecified atom stereocenters. The number of amides is 1. The number of ether oxygens (including phenoxy) is 1. The van der Waals surface area contributed by atoms with Crippen LogP contribution in [-0.4, -0.2) is 30.5 Å². The van der Waals surface area contributed by atoms with Crippen molar-refractivity contribution in [3.05, 3.63) is 59.1 Å². The number of anilines is 1. The molecular formula is C22H27ClN2O2. The van der Waals surface area contributed by atoms with E-state index < -0.39 is 0 Å². The summed E-state index contributed by atoms with van der Waals surface area (Å²) in [5, 5.41) is 3.57. The van der Waals surface area contributed by atoms with E-state index in [2.05, 4.69) is 23.3 Å². The number of hydrogen-bond donors (Lipinski definition) is 1. The Hall–Kier alpha value is -2.04. The lowest BCUT2D eigenvalue weighted by atomic mass is 9.94. The van der Waals surface area contributed by atoms with Crippen molar-refractivity contribution < 1.29 is 9.53 Å². The van der Waals surface area contributed by atoms with E-state index in [9.17, 15) is 4.79 Å². The van der Waals surface area contributed by atoms with Gasteiger partial charge in [0.2, 0.25) is 0 Å². The molecule has 144 valence electrons. The second-order valence-electron chi connectivity index (χ2n) is 7.16. The molecular weight excluding hydrogens is 360 g/mol. The number of hydrogen-bond acceptors (Lipinski definition) is 3. The molecule has 1 aliphatic rings. The first-order valence-corrected chi connectivity index (χ1v) is 9.96. The monoisotopic (exact) mass is 386 g/mol. The number of benzene rings is 2. The summed E-state index contributed by atoms with van der Waals surface area (Å²) in [7, 11) is 2.18. The van der Waals surface area contributed by atoms with Crippen LogP contribution in [0.2, 0.25) is 5.02 Å². The lowest BCUT2D eigenvalue weighted by Crippen LogP contribution is -2.33. The summed E-state index contributed by atoms with van der Waals surface area (Å²) in [5.74, 6) is 0.408. The summed E-state index contributed by atoms with van der Waals surface area (Å²) < 4.78 is 5.53. The van der Waals surface area contributed by atoms with Gasteiger partial charge in [-0.15, -0.1) is 0 Å². The van der Waals surface area contributed by atoms with Crippen molar-refractivity contribution >= 4 is 23.2 Å². The molecule has 1 amide bonds. The lowest BCUT2D eigenvalue weighted by molar-refractivity contribution is -0.118. The molecule has 1 aliphatic carbocycles. The van der Waals surface area contributed by atoms with Crippen LogP contribution in [0, 0.1) is 0 Å². The van der Waals surface area contributed by atoms with Crippen molar-refractivity contribution in [3.63, 3.8) is 0 Å². The van der Waals surface area contributed by atoms with Crippen molar-refractivity contribution in [1.82, 2.24) is 4.90 Å². The molecule has 0 aromatic heterocycles. The Bertz CT molecular complexity index is 759. The molecule has 0 heterocycles. The molecule has 1 N–H and O–H groups in total. The largest absolute Gasteiger partial charge is 0.484 e. The quantitative estimate of drug-likeness (QED) is 0.717. The van der Waals surface area contributed by atoms with Gasteiger partial charge in [-0.3, -0.25) is 9.69 Å². The van der Waals surface area contributed by atoms with Crippen LogP contribution in [0.15, 0.2) is 48.5 Å². The first kappa shape index (κ1) is 19.7. The van der Waals surface area contributed by atoms with Crippen molar-refractivity contribution in [1.29, 1.82) is 0 Å². The number of para-hydroxylation sites is 1. The summed E-state index contributed by atoms with van der Waals surface area (Å²) in [4.78, 5) is 14.7. The van der Waals surface area contributed by atoms with Crippen LogP contribution in [0.3, 0.4) is 0 Å². The summed E-state index contributed by atoms with van der Waals surface area (Å²) in [6.07, 6.45) is 6.50. The smallest absolute Gasteiger partial charge is 0.262 e. The minimum atomic E-state index is -0.178. The van der Waals surface area contributed by atoms with Gasteiger partial charge in [-0.25, -0.2) is 0 Å². The average molecular weight is 387 g/mol. The van der Waals surface area contributed by atoms with Crippen LogP contribution in [0.25, 0.3) is 0 Å². The number of nitrogens with one attached hydrogen (secondary N) is 1. The SMILES string of the molecule is CN(Cc1ccccc1NC(=O)COc1cccc(Cl)c1)C1CCCCC1. The first-order valence-electron chi connectivity index (χ1n) is 9.58. The molecule has 0 radical (unpaired) electrons. The van der Waals surface area contributed by atoms with Gasteiger partial charge in [0, 0.05) is 23.3 Å². The Labute approximate surface area is 166 Å². The fourth-order valence-electron chi connectivity index (χ4n) is 3.59. The molecule has 1 fully saturated rings. The van der Waals surface area contributed by atoms with E-state index >= 15 is 0 Å². The van der Waals surface area contributed by atoms with Crippen LogP contribution >= 0.6 is 11.6 Å². The van der Waals surface area contributed by atoms with Gasteiger partial charge < -0.3 is 10.1 Å². The molecule has 5 heteroatoms. The molecule has 1 saturated carbocycles. The van der Waals surface area contributed by atoms with Gasteiger partial charge in [0.05, 0.1) is 0 Å². The maximum atomic E-state index is 12.3. The Morgan fingerprint density at radius 3 is 2.70 bits per heavy atom. The maximum Gasteiger partial charge on any atom is 0.262 e. The zero-order valence-corrected chi connectivity index (χ0v) is 16.5. The third kappa shape index (κ3) is 5.98. The third-order valence-electron chi connectivity index (χ3n) is 5.08. The van der Waals surface area contributed by atoms with Crippen molar-refractivity contribution in [3.8, 4) is 5.75 Å². The topological polar surface area (TPSA) is 41.6 Å². The van der Waals surface area contributed by atoms with Crippen LogP contribution in [0.1, 0.15) is 37.7 Å². The van der Waals surface area contributed by atoms with E-state index in [1.807, 2.05) is 18.2 Å². The van der Waals surface area contributed by atoms with Crippen molar-refractivity contribution in [2.45, 2.75) is 44.7 Å². The molecule has 0 atom stereocenters. The van der Waals surface area contributed by atoms with E-state index in [0.29, 0.717) is 16.8 Å². The predicted octanol–water partition coefficient (Wildman–Crippen LogP) is 5.12. The van der Waals surface area contributed by atoms with Crippen LogP contribution in [0.5, 0.6) is 5.75 Å².